The third-order valence-electron chi connectivity index (χ3n) is 4.96. The molecule has 13 N–H and O–H groups in total. The first-order valence-electron chi connectivity index (χ1n) is 11.2. The summed E-state index contributed by atoms with van der Waals surface area (Å²) in [6.07, 6.45) is 0.591. The van der Waals surface area contributed by atoms with Crippen LogP contribution in [0, 0.1) is 0 Å². The summed E-state index contributed by atoms with van der Waals surface area (Å²) in [4.78, 5) is 60.3. The van der Waals surface area contributed by atoms with Gasteiger partial charge in [-0.1, -0.05) is 0 Å². The van der Waals surface area contributed by atoms with Crippen molar-refractivity contribution in [1.29, 1.82) is 0 Å². The van der Waals surface area contributed by atoms with Crippen LogP contribution in [-0.2, 0) is 24.0 Å². The lowest BCUT2D eigenvalue weighted by Crippen LogP contribution is -2.58. The van der Waals surface area contributed by atoms with Gasteiger partial charge in [0, 0.05) is 0 Å². The van der Waals surface area contributed by atoms with Crippen molar-refractivity contribution in [3.63, 3.8) is 0 Å². The van der Waals surface area contributed by atoms with Crippen molar-refractivity contribution in [3.05, 3.63) is 0 Å². The van der Waals surface area contributed by atoms with Crippen LogP contribution in [0.2, 0.25) is 0 Å². The molecule has 5 atom stereocenters. The quantitative estimate of drug-likeness (QED) is 0.0852. The molecule has 0 heterocycles. The second-order valence-corrected chi connectivity index (χ2v) is 8.03. The van der Waals surface area contributed by atoms with Crippen molar-refractivity contribution in [2.45, 2.75) is 82.1 Å². The van der Waals surface area contributed by atoms with Crippen molar-refractivity contribution in [2.75, 3.05) is 13.1 Å². The predicted molar refractivity (Wildman–Crippen MR) is 123 cm³/mol. The normalized spacial score (nSPS) is 15.3. The zero-order valence-corrected chi connectivity index (χ0v) is 19.5. The zero-order valence-electron chi connectivity index (χ0n) is 19.5. The number of rotatable bonds is 18. The lowest BCUT2D eigenvalue weighted by atomic mass is 10.0. The van der Waals surface area contributed by atoms with Gasteiger partial charge >= 0.3 is 5.97 Å². The topological polar surface area (TPSA) is 266 Å². The Morgan fingerprint density at radius 1 is 0.794 bits per heavy atom. The van der Waals surface area contributed by atoms with Gasteiger partial charge in [0.25, 0.3) is 0 Å². The number of aliphatic hydroxyl groups is 1. The molecule has 0 rings (SSSR count). The maximum Gasteiger partial charge on any atom is 0.328 e. The minimum absolute atomic E-state index is 0.144. The summed E-state index contributed by atoms with van der Waals surface area (Å²) in [7, 11) is 0. The molecule has 34 heavy (non-hydrogen) atoms. The van der Waals surface area contributed by atoms with Crippen LogP contribution in [0.5, 0.6) is 0 Å². The van der Waals surface area contributed by atoms with Gasteiger partial charge in [-0.05, 0) is 58.5 Å². The number of hydrogen-bond donors (Lipinski definition) is 9. The molecule has 4 amide bonds. The molecule has 0 bridgehead atoms. The van der Waals surface area contributed by atoms with Crippen molar-refractivity contribution < 1.29 is 34.2 Å². The minimum Gasteiger partial charge on any atom is -0.480 e. The highest BCUT2D eigenvalue weighted by Crippen LogP contribution is 2.07. The van der Waals surface area contributed by atoms with E-state index in [9.17, 15) is 34.2 Å². The summed E-state index contributed by atoms with van der Waals surface area (Å²) in [5.41, 5.74) is 21.7. The Labute approximate surface area is 198 Å². The predicted octanol–water partition coefficient (Wildman–Crippen LogP) is -3.63. The van der Waals surface area contributed by atoms with Gasteiger partial charge in [-0.2, -0.15) is 0 Å². The molecule has 0 aromatic heterocycles. The van der Waals surface area contributed by atoms with E-state index in [1.807, 2.05) is 0 Å². The molecule has 0 saturated carbocycles. The highest BCUT2D eigenvalue weighted by atomic mass is 16.4. The van der Waals surface area contributed by atoms with E-state index in [-0.39, 0.29) is 12.8 Å². The third-order valence-corrected chi connectivity index (χ3v) is 4.96. The average Bonchev–Trinajstić information content (AvgIpc) is 2.74. The van der Waals surface area contributed by atoms with Crippen molar-refractivity contribution in [3.8, 4) is 0 Å². The molecule has 196 valence electrons. The standard InChI is InChI=1S/C20H39N7O7/c1-11(28)16(20(33)34)27-19(32)14(7-3-5-9-22)26-18(31)13(6-2-4-8-21)25-17(30)12(23)10-15(24)29/h11-14,16,28H,2-10,21-23H2,1H3,(H2,24,29)(H,25,30)(H,26,31)(H,27,32)(H,33,34). The fourth-order valence-corrected chi connectivity index (χ4v) is 3.03. The molecule has 0 saturated heterocycles. The number of unbranched alkanes of at least 4 members (excludes halogenated alkanes) is 2. The van der Waals surface area contributed by atoms with Crippen LogP contribution >= 0.6 is 0 Å². The van der Waals surface area contributed by atoms with Gasteiger partial charge < -0.3 is 49.1 Å². The number of hydrogen-bond acceptors (Lipinski definition) is 9. The molecular weight excluding hydrogens is 450 g/mol. The molecule has 0 radical (unpaired) electrons. The summed E-state index contributed by atoms with van der Waals surface area (Å²) in [6.45, 7) is 1.92. The van der Waals surface area contributed by atoms with Gasteiger partial charge in [-0.3, -0.25) is 19.2 Å². The maximum absolute atomic E-state index is 13.0. The van der Waals surface area contributed by atoms with Gasteiger partial charge in [-0.25, -0.2) is 4.79 Å². The summed E-state index contributed by atoms with van der Waals surface area (Å²) in [6, 6.07) is -5.07. The fraction of sp³-hybridized carbons (Fsp3) is 0.750. The van der Waals surface area contributed by atoms with Gasteiger partial charge in [0.15, 0.2) is 6.04 Å². The molecule has 0 spiro atoms. The Morgan fingerprint density at radius 3 is 1.62 bits per heavy atom. The van der Waals surface area contributed by atoms with E-state index in [0.717, 1.165) is 0 Å². The van der Waals surface area contributed by atoms with E-state index in [2.05, 4.69) is 16.0 Å². The van der Waals surface area contributed by atoms with Gasteiger partial charge in [-0.15, -0.1) is 0 Å². The lowest BCUT2D eigenvalue weighted by molar-refractivity contribution is -0.145. The van der Waals surface area contributed by atoms with Crippen LogP contribution < -0.4 is 38.9 Å². The van der Waals surface area contributed by atoms with Crippen molar-refractivity contribution in [2.24, 2.45) is 22.9 Å². The average molecular weight is 490 g/mol. The van der Waals surface area contributed by atoms with Crippen LogP contribution in [-0.4, -0.2) is 83.2 Å². The van der Waals surface area contributed by atoms with Crippen molar-refractivity contribution >= 4 is 29.6 Å². The smallest absolute Gasteiger partial charge is 0.328 e. The number of primary amides is 1. The second kappa shape index (κ2) is 16.7. The van der Waals surface area contributed by atoms with Crippen LogP contribution in [0.25, 0.3) is 0 Å². The number of carbonyl (C=O) groups excluding carboxylic acids is 4. The molecule has 14 nitrogen and oxygen atoms in total. The van der Waals surface area contributed by atoms with Crippen LogP contribution in [0.3, 0.4) is 0 Å². The summed E-state index contributed by atoms with van der Waals surface area (Å²) in [5.74, 6) is -4.50. The minimum atomic E-state index is -1.58. The highest BCUT2D eigenvalue weighted by molar-refractivity contribution is 5.95. The van der Waals surface area contributed by atoms with Gasteiger partial charge in [0.05, 0.1) is 18.6 Å². The van der Waals surface area contributed by atoms with Gasteiger partial charge in [0.2, 0.25) is 23.6 Å². The number of nitrogens with two attached hydrogens (primary N) is 4. The van der Waals surface area contributed by atoms with Gasteiger partial charge in [0.1, 0.15) is 12.1 Å². The van der Waals surface area contributed by atoms with Crippen LogP contribution in [0.15, 0.2) is 0 Å². The molecule has 0 aromatic carbocycles. The first kappa shape index (κ1) is 31.2. The number of aliphatic carboxylic acids is 1. The van der Waals surface area contributed by atoms with E-state index in [1.54, 1.807) is 0 Å². The molecular formula is C20H39N7O7. The van der Waals surface area contributed by atoms with E-state index < -0.39 is 66.3 Å². The van der Waals surface area contributed by atoms with Crippen LogP contribution in [0.4, 0.5) is 0 Å². The fourth-order valence-electron chi connectivity index (χ4n) is 3.03. The largest absolute Gasteiger partial charge is 0.480 e. The molecule has 0 aliphatic heterocycles. The van der Waals surface area contributed by atoms with E-state index >= 15 is 0 Å². The maximum atomic E-state index is 13.0. The Balaban J connectivity index is 5.51. The van der Waals surface area contributed by atoms with E-state index in [4.69, 9.17) is 22.9 Å². The first-order valence-corrected chi connectivity index (χ1v) is 11.2. The van der Waals surface area contributed by atoms with E-state index in [0.29, 0.717) is 38.8 Å². The molecule has 0 aromatic rings. The Kier molecular flexibility index (Phi) is 15.4. The summed E-state index contributed by atoms with van der Waals surface area (Å²) >= 11 is 0. The molecule has 0 fully saturated rings. The molecule has 0 aliphatic carbocycles. The number of carbonyl (C=O) groups is 5. The number of amides is 4. The number of carboxylic acid groups (broad SMARTS) is 1. The van der Waals surface area contributed by atoms with E-state index in [1.165, 1.54) is 6.92 Å². The van der Waals surface area contributed by atoms with Crippen molar-refractivity contribution in [1.82, 2.24) is 16.0 Å². The first-order chi connectivity index (χ1) is 15.9. The Morgan fingerprint density at radius 2 is 1.24 bits per heavy atom. The number of carboxylic acids is 1. The second-order valence-electron chi connectivity index (χ2n) is 8.03. The SMILES string of the molecule is CC(O)C(NC(=O)C(CCCCN)NC(=O)C(CCCCN)NC(=O)C(N)CC(N)=O)C(=O)O. The summed E-state index contributed by atoms with van der Waals surface area (Å²) in [5, 5.41) is 26.0. The lowest BCUT2D eigenvalue weighted by Gasteiger charge is -2.26. The molecule has 0 aliphatic rings. The Hall–Kier alpha value is -2.81. The summed E-state index contributed by atoms with van der Waals surface area (Å²) < 4.78 is 0. The Bertz CT molecular complexity index is 690. The number of nitrogens with one attached hydrogen (secondary N) is 3. The van der Waals surface area contributed by atoms with Crippen LogP contribution in [0.1, 0.15) is 51.9 Å². The zero-order chi connectivity index (χ0) is 26.3. The monoisotopic (exact) mass is 489 g/mol. The molecule has 5 unspecified atom stereocenters. The highest BCUT2D eigenvalue weighted by Gasteiger charge is 2.31. The molecule has 14 heteroatoms. The third kappa shape index (κ3) is 12.4. The number of aliphatic hydroxyl groups excluding tert-OH is 1.